The zero-order valence-electron chi connectivity index (χ0n) is 13.5. The van der Waals surface area contributed by atoms with Crippen LogP contribution in [0.5, 0.6) is 5.75 Å². The van der Waals surface area contributed by atoms with Crippen molar-refractivity contribution in [1.29, 1.82) is 0 Å². The van der Waals surface area contributed by atoms with Crippen molar-refractivity contribution in [2.75, 3.05) is 26.8 Å². The summed E-state index contributed by atoms with van der Waals surface area (Å²) < 4.78 is 11.8. The molecule has 3 aliphatic heterocycles. The molecule has 5 atom stereocenters. The van der Waals surface area contributed by atoms with Crippen LogP contribution in [0, 0.1) is 11.8 Å². The van der Waals surface area contributed by atoms with Gasteiger partial charge in [-0.25, -0.2) is 0 Å². The van der Waals surface area contributed by atoms with Crippen LogP contribution < -0.4 is 0 Å². The maximum absolute atomic E-state index is 9.86. The summed E-state index contributed by atoms with van der Waals surface area (Å²) >= 11 is 0. The Morgan fingerprint density at radius 1 is 1.35 bits per heavy atom. The van der Waals surface area contributed by atoms with E-state index in [2.05, 4.69) is 4.90 Å². The number of hydrogen-bond acceptors (Lipinski definition) is 4. The number of phenolic OH excluding ortho intramolecular Hbond substituents is 1. The number of methoxy groups -OCH3 is 1. The lowest BCUT2D eigenvalue weighted by molar-refractivity contribution is -0.0422. The Bertz CT molecular complexity index is 752. The molecule has 23 heavy (non-hydrogen) atoms. The lowest BCUT2D eigenvalue weighted by atomic mass is 9.66. The first-order valence-electron chi connectivity index (χ1n) is 8.72. The Morgan fingerprint density at radius 2 is 2.26 bits per heavy atom. The number of hydrogen-bond donors (Lipinski definition) is 1. The summed E-state index contributed by atoms with van der Waals surface area (Å²) in [6.07, 6.45) is 3.55. The number of phenols is 1. The Hall–Kier alpha value is -1.52. The van der Waals surface area contributed by atoms with Gasteiger partial charge in [0.25, 0.3) is 0 Å². The van der Waals surface area contributed by atoms with Gasteiger partial charge in [-0.1, -0.05) is 0 Å². The van der Waals surface area contributed by atoms with Gasteiger partial charge in [-0.2, -0.15) is 0 Å². The average Bonchev–Trinajstić information content (AvgIpc) is 2.85. The third kappa shape index (κ3) is 1.98. The smallest absolute Gasteiger partial charge is 0.134 e. The predicted octanol–water partition coefficient (Wildman–Crippen LogP) is 3.13. The second-order valence-electron chi connectivity index (χ2n) is 7.52. The largest absolute Gasteiger partial charge is 0.508 e. The highest BCUT2D eigenvalue weighted by atomic mass is 16.5. The standard InChI is InChI=1S/C19H23NO3/c1-22-10-12-6-11-7-16-18(12)20(9-11)5-4-14-15-8-13(21)2-3-17(15)23-19(14)16/h2-3,8,11-12,16,18,21H,4-7,9-10H2,1H3. The van der Waals surface area contributed by atoms with Crippen LogP contribution in [0.4, 0.5) is 0 Å². The molecule has 4 bridgehead atoms. The first-order valence-corrected chi connectivity index (χ1v) is 8.72. The number of aromatic hydroxyl groups is 1. The molecule has 3 fully saturated rings. The van der Waals surface area contributed by atoms with Gasteiger partial charge in [0.1, 0.15) is 17.1 Å². The fourth-order valence-corrected chi connectivity index (χ4v) is 5.50. The molecular formula is C19H23NO3. The van der Waals surface area contributed by atoms with Crippen molar-refractivity contribution in [1.82, 2.24) is 4.90 Å². The second kappa shape index (κ2) is 4.99. The zero-order chi connectivity index (χ0) is 15.6. The van der Waals surface area contributed by atoms with Gasteiger partial charge in [0.05, 0.1) is 6.61 Å². The van der Waals surface area contributed by atoms with Crippen LogP contribution in [0.15, 0.2) is 22.6 Å². The number of benzene rings is 1. The van der Waals surface area contributed by atoms with Crippen LogP contribution in [0.1, 0.15) is 30.1 Å². The first kappa shape index (κ1) is 13.9. The minimum Gasteiger partial charge on any atom is -0.508 e. The summed E-state index contributed by atoms with van der Waals surface area (Å²) in [4.78, 5) is 2.68. The van der Waals surface area contributed by atoms with Crippen LogP contribution in [-0.2, 0) is 11.2 Å². The van der Waals surface area contributed by atoms with Gasteiger partial charge in [0, 0.05) is 43.1 Å². The molecular weight excluding hydrogens is 290 g/mol. The highest BCUT2D eigenvalue weighted by molar-refractivity contribution is 5.84. The Balaban J connectivity index is 1.64. The van der Waals surface area contributed by atoms with Crippen LogP contribution in [0.2, 0.25) is 0 Å². The fourth-order valence-electron chi connectivity index (χ4n) is 5.50. The molecule has 0 radical (unpaired) electrons. The molecule has 0 amide bonds. The van der Waals surface area contributed by atoms with Gasteiger partial charge in [-0.15, -0.1) is 0 Å². The maximum atomic E-state index is 9.86. The number of nitrogens with zero attached hydrogens (tertiary/aromatic N) is 1. The topological polar surface area (TPSA) is 45.8 Å². The molecule has 0 spiro atoms. The minimum atomic E-state index is 0.326. The van der Waals surface area contributed by atoms with Crippen LogP contribution >= 0.6 is 0 Å². The van der Waals surface area contributed by atoms with Crippen LogP contribution in [0.25, 0.3) is 11.0 Å². The molecule has 5 unspecified atom stereocenters. The molecule has 4 nitrogen and oxygen atoms in total. The lowest BCUT2D eigenvalue weighted by Crippen LogP contribution is -2.57. The van der Waals surface area contributed by atoms with E-state index in [1.165, 1.54) is 30.7 Å². The fraction of sp³-hybridized carbons (Fsp3) is 0.579. The van der Waals surface area contributed by atoms with E-state index in [0.29, 0.717) is 23.6 Å². The lowest BCUT2D eigenvalue weighted by Gasteiger charge is -2.52. The van der Waals surface area contributed by atoms with Crippen molar-refractivity contribution in [2.45, 2.75) is 31.2 Å². The molecule has 2 aromatic rings. The highest BCUT2D eigenvalue weighted by Gasteiger charge is 2.50. The SMILES string of the molecule is COCC1CC2CC3c4oc5ccc(O)cc5c4CCN(C2)C13. The van der Waals surface area contributed by atoms with Gasteiger partial charge in [0.15, 0.2) is 0 Å². The molecule has 1 aromatic heterocycles. The molecule has 122 valence electrons. The van der Waals surface area contributed by atoms with Crippen LogP contribution in [-0.4, -0.2) is 42.9 Å². The number of piperidine rings is 2. The van der Waals surface area contributed by atoms with E-state index in [9.17, 15) is 5.11 Å². The number of ether oxygens (including phenoxy) is 1. The van der Waals surface area contributed by atoms with E-state index in [1.807, 2.05) is 19.2 Å². The molecule has 2 saturated heterocycles. The summed E-state index contributed by atoms with van der Waals surface area (Å²) in [6, 6.07) is 6.05. The Labute approximate surface area is 136 Å². The van der Waals surface area contributed by atoms with E-state index >= 15 is 0 Å². The third-order valence-electron chi connectivity index (χ3n) is 6.21. The van der Waals surface area contributed by atoms with Gasteiger partial charge in [0.2, 0.25) is 0 Å². The summed E-state index contributed by atoms with van der Waals surface area (Å²) in [7, 11) is 1.82. The molecule has 4 heteroatoms. The summed E-state index contributed by atoms with van der Waals surface area (Å²) in [5, 5.41) is 11.0. The van der Waals surface area contributed by atoms with E-state index in [0.717, 1.165) is 36.5 Å². The molecule has 1 aliphatic carbocycles. The van der Waals surface area contributed by atoms with Crippen molar-refractivity contribution in [3.8, 4) is 5.75 Å². The monoisotopic (exact) mass is 313 g/mol. The summed E-state index contributed by atoms with van der Waals surface area (Å²) in [5.41, 5.74) is 2.25. The molecule has 1 aromatic carbocycles. The van der Waals surface area contributed by atoms with Gasteiger partial charge in [-0.05, 0) is 49.3 Å². The number of rotatable bonds is 2. The van der Waals surface area contributed by atoms with E-state index in [1.54, 1.807) is 6.07 Å². The van der Waals surface area contributed by atoms with Crippen molar-refractivity contribution in [3.63, 3.8) is 0 Å². The molecule has 1 saturated carbocycles. The molecule has 1 N–H and O–H groups in total. The van der Waals surface area contributed by atoms with Gasteiger partial charge >= 0.3 is 0 Å². The predicted molar refractivity (Wildman–Crippen MR) is 87.8 cm³/mol. The Kier molecular flexibility index (Phi) is 3.01. The summed E-state index contributed by atoms with van der Waals surface area (Å²) in [6.45, 7) is 3.18. The van der Waals surface area contributed by atoms with E-state index < -0.39 is 0 Å². The average molecular weight is 313 g/mol. The highest BCUT2D eigenvalue weighted by Crippen LogP contribution is 2.51. The quantitative estimate of drug-likeness (QED) is 0.925. The maximum Gasteiger partial charge on any atom is 0.134 e. The van der Waals surface area contributed by atoms with Gasteiger partial charge in [-0.3, -0.25) is 4.90 Å². The Morgan fingerprint density at radius 3 is 3.13 bits per heavy atom. The summed E-state index contributed by atoms with van der Waals surface area (Å²) in [5.74, 6) is 3.37. The van der Waals surface area contributed by atoms with Crippen LogP contribution in [0.3, 0.4) is 0 Å². The third-order valence-corrected chi connectivity index (χ3v) is 6.21. The minimum absolute atomic E-state index is 0.326. The number of furan rings is 1. The molecule has 4 aliphatic rings. The van der Waals surface area contributed by atoms with Crippen molar-refractivity contribution in [2.24, 2.45) is 11.8 Å². The van der Waals surface area contributed by atoms with Crippen molar-refractivity contribution >= 4 is 11.0 Å². The molecule has 4 heterocycles. The van der Waals surface area contributed by atoms with Crippen molar-refractivity contribution in [3.05, 3.63) is 29.5 Å². The molecule has 6 rings (SSSR count). The normalized spacial score (nSPS) is 35.3. The van der Waals surface area contributed by atoms with Crippen molar-refractivity contribution < 1.29 is 14.3 Å². The first-order chi connectivity index (χ1) is 11.2. The zero-order valence-corrected chi connectivity index (χ0v) is 13.5. The van der Waals surface area contributed by atoms with Gasteiger partial charge < -0.3 is 14.3 Å². The van der Waals surface area contributed by atoms with E-state index in [4.69, 9.17) is 9.15 Å². The number of fused-ring (bicyclic) bond motifs is 4. The second-order valence-corrected chi connectivity index (χ2v) is 7.52. The van der Waals surface area contributed by atoms with E-state index in [-0.39, 0.29) is 0 Å².